The fourth-order valence-electron chi connectivity index (χ4n) is 6.47. The summed E-state index contributed by atoms with van der Waals surface area (Å²) in [5, 5.41) is 14.2. The Bertz CT molecular complexity index is 1870. The maximum Gasteiger partial charge on any atom is 0.348 e. The van der Waals surface area contributed by atoms with Gasteiger partial charge in [0.2, 0.25) is 23.7 Å². The van der Waals surface area contributed by atoms with Crippen LogP contribution in [0.4, 0.5) is 0 Å². The molecule has 0 aromatic heterocycles. The number of esters is 3. The Balaban J connectivity index is 1.19. The fourth-order valence-corrected chi connectivity index (χ4v) is 6.47. The van der Waals surface area contributed by atoms with Gasteiger partial charge in [0.1, 0.15) is 24.9 Å². The summed E-state index contributed by atoms with van der Waals surface area (Å²) in [6.07, 6.45) is 0.833. The van der Waals surface area contributed by atoms with E-state index in [4.69, 9.17) is 28.8 Å². The first-order chi connectivity index (χ1) is 26.0. The normalized spacial score (nSPS) is 22.4. The summed E-state index contributed by atoms with van der Waals surface area (Å²) >= 11 is 0. The quantitative estimate of drug-likeness (QED) is 0.133. The zero-order valence-electron chi connectivity index (χ0n) is 29.9. The lowest BCUT2D eigenvalue weighted by molar-refractivity contribution is -0.159. The molecule has 13 heteroatoms. The van der Waals surface area contributed by atoms with E-state index < -0.39 is 59.4 Å². The van der Waals surface area contributed by atoms with Crippen molar-refractivity contribution in [3.8, 4) is 0 Å². The zero-order valence-corrected chi connectivity index (χ0v) is 29.9. The van der Waals surface area contributed by atoms with Crippen LogP contribution in [0.15, 0.2) is 103 Å². The Morgan fingerprint density at radius 2 is 1.54 bits per heavy atom. The van der Waals surface area contributed by atoms with Gasteiger partial charge in [0.15, 0.2) is 0 Å². The molecule has 3 aromatic carbocycles. The van der Waals surface area contributed by atoms with E-state index in [2.05, 4.69) is 10.6 Å². The number of amides is 2. The lowest BCUT2D eigenvalue weighted by atomic mass is 9.90. The average Bonchev–Trinajstić information content (AvgIpc) is 3.71. The van der Waals surface area contributed by atoms with Crippen molar-refractivity contribution < 1.29 is 52.8 Å². The number of benzene rings is 3. The van der Waals surface area contributed by atoms with Crippen LogP contribution in [0.25, 0.3) is 6.08 Å². The van der Waals surface area contributed by atoms with E-state index in [1.807, 2.05) is 60.7 Å². The first-order valence-corrected chi connectivity index (χ1v) is 17.7. The van der Waals surface area contributed by atoms with Crippen LogP contribution in [0.2, 0.25) is 0 Å². The molecule has 282 valence electrons. The molecule has 2 saturated heterocycles. The zero-order chi connectivity index (χ0) is 38.3. The van der Waals surface area contributed by atoms with Crippen molar-refractivity contribution in [2.24, 2.45) is 5.41 Å². The van der Waals surface area contributed by atoms with Gasteiger partial charge in [0, 0.05) is 54.1 Å². The van der Waals surface area contributed by atoms with Gasteiger partial charge < -0.3 is 39.4 Å². The van der Waals surface area contributed by atoms with Gasteiger partial charge >= 0.3 is 17.9 Å². The van der Waals surface area contributed by atoms with Crippen LogP contribution in [0.1, 0.15) is 53.7 Å². The minimum absolute atomic E-state index is 0.00669. The minimum atomic E-state index is -1.38. The number of aliphatic hydroxyl groups excluding tert-OH is 1. The molecule has 2 heterocycles. The van der Waals surface area contributed by atoms with Crippen molar-refractivity contribution in [1.29, 1.82) is 0 Å². The number of nitrogens with one attached hydrogen (secondary N) is 2. The second-order valence-corrected chi connectivity index (χ2v) is 13.8. The summed E-state index contributed by atoms with van der Waals surface area (Å²) in [5.41, 5.74) is 1.89. The van der Waals surface area contributed by atoms with Crippen LogP contribution in [-0.2, 0) is 48.6 Å². The number of hydrogen-bond donors (Lipinski definition) is 3. The molecule has 54 heavy (non-hydrogen) atoms. The lowest BCUT2D eigenvalue weighted by Crippen LogP contribution is -2.44. The summed E-state index contributed by atoms with van der Waals surface area (Å²) in [6.45, 7) is 3.67. The molecule has 6 rings (SSSR count). The highest BCUT2D eigenvalue weighted by atomic mass is 16.8. The number of rotatable bonds is 13. The van der Waals surface area contributed by atoms with E-state index >= 15 is 0 Å². The smallest absolute Gasteiger partial charge is 0.348 e. The van der Waals surface area contributed by atoms with Crippen LogP contribution in [0.5, 0.6) is 0 Å². The fraction of sp³-hybridized carbons (Fsp3) is 0.341. The third kappa shape index (κ3) is 8.60. The number of fused-ring (bicyclic) bond motifs is 1. The molecular formula is C41H42N2O11. The van der Waals surface area contributed by atoms with Crippen LogP contribution in [0.3, 0.4) is 0 Å². The highest BCUT2D eigenvalue weighted by molar-refractivity contribution is 5.95. The van der Waals surface area contributed by atoms with Crippen molar-refractivity contribution in [2.75, 3.05) is 26.3 Å². The van der Waals surface area contributed by atoms with E-state index in [0.717, 1.165) is 0 Å². The predicted octanol–water partition coefficient (Wildman–Crippen LogP) is 3.35. The van der Waals surface area contributed by atoms with Crippen molar-refractivity contribution in [3.63, 3.8) is 0 Å². The molecule has 0 saturated carbocycles. The molecule has 2 aliphatic heterocycles. The summed E-state index contributed by atoms with van der Waals surface area (Å²) in [5.74, 6) is -4.11. The molecule has 0 spiro atoms. The second-order valence-electron chi connectivity index (χ2n) is 13.8. The molecule has 1 aliphatic carbocycles. The number of hydrogen-bond acceptors (Lipinski definition) is 11. The predicted molar refractivity (Wildman–Crippen MR) is 193 cm³/mol. The number of carbonyl (C=O) groups excluding carboxylic acids is 5. The highest BCUT2D eigenvalue weighted by Gasteiger charge is 2.55. The molecule has 0 bridgehead atoms. The SMILES string of the molecule is CC1(C)COC(=O)[C@@H]1OC(=O)C=Cc1ccc(C(=O)O[C@@H]2CC(C(=O)NCCC(=O)NCCO)=C[C@H]3OC(c4ccccc4)(c4ccccc4)O[C@H]32)cc1. The number of ether oxygens (including phenoxy) is 5. The lowest BCUT2D eigenvalue weighted by Gasteiger charge is -2.31. The summed E-state index contributed by atoms with van der Waals surface area (Å²) in [4.78, 5) is 63.5. The molecule has 3 aliphatic rings. The van der Waals surface area contributed by atoms with Crippen LogP contribution < -0.4 is 10.6 Å². The monoisotopic (exact) mass is 738 g/mol. The van der Waals surface area contributed by atoms with E-state index in [1.54, 1.807) is 44.2 Å². The summed E-state index contributed by atoms with van der Waals surface area (Å²) < 4.78 is 29.9. The van der Waals surface area contributed by atoms with E-state index in [0.29, 0.717) is 22.3 Å². The van der Waals surface area contributed by atoms with Gasteiger partial charge in [-0.2, -0.15) is 0 Å². The van der Waals surface area contributed by atoms with Gasteiger partial charge in [0.05, 0.1) is 12.2 Å². The molecule has 3 aromatic rings. The van der Waals surface area contributed by atoms with Crippen LogP contribution in [-0.4, -0.2) is 85.5 Å². The van der Waals surface area contributed by atoms with Gasteiger partial charge in [0.25, 0.3) is 0 Å². The second kappa shape index (κ2) is 16.6. The van der Waals surface area contributed by atoms with Gasteiger partial charge in [-0.3, -0.25) is 9.59 Å². The first-order valence-electron chi connectivity index (χ1n) is 17.7. The average molecular weight is 739 g/mol. The Morgan fingerprint density at radius 1 is 0.870 bits per heavy atom. The first kappa shape index (κ1) is 38.1. The maximum atomic E-state index is 13.6. The largest absolute Gasteiger partial charge is 0.462 e. The summed E-state index contributed by atoms with van der Waals surface area (Å²) in [6, 6.07) is 25.1. The third-order valence-electron chi connectivity index (χ3n) is 9.31. The summed E-state index contributed by atoms with van der Waals surface area (Å²) in [7, 11) is 0. The molecule has 0 unspecified atom stereocenters. The standard InChI is InChI=1S/C41H42N2O11/c1-40(2)25-50-39(49)36(40)52-34(46)18-15-26-13-16-27(17-14-26)38(48)51-31-23-28(37(47)43-20-19-33(45)42-21-22-44)24-32-35(31)54-41(53-32,29-9-5-3-6-10-29)30-11-7-4-8-12-30/h3-18,24,31-32,35-36,44H,19-23,25H2,1-2H3,(H,42,45)(H,43,47)/t31-,32-,35+,36+/m1/s1. The molecular weight excluding hydrogens is 696 g/mol. The Morgan fingerprint density at radius 3 is 2.15 bits per heavy atom. The van der Waals surface area contributed by atoms with Crippen molar-refractivity contribution in [3.05, 3.63) is 125 Å². The number of aliphatic hydroxyl groups is 1. The Labute approximate surface area is 312 Å². The molecule has 3 N–H and O–H groups in total. The molecule has 2 fully saturated rings. The van der Waals surface area contributed by atoms with E-state index in [9.17, 15) is 24.0 Å². The molecule has 4 atom stereocenters. The van der Waals surface area contributed by atoms with E-state index in [1.165, 1.54) is 12.2 Å². The Hall–Kier alpha value is -5.63. The van der Waals surface area contributed by atoms with Gasteiger partial charge in [-0.05, 0) is 29.8 Å². The van der Waals surface area contributed by atoms with Crippen LogP contribution in [0, 0.1) is 5.41 Å². The molecule has 2 amide bonds. The number of cyclic esters (lactones) is 1. The topological polar surface area (TPSA) is 176 Å². The van der Waals surface area contributed by atoms with Crippen molar-refractivity contribution in [1.82, 2.24) is 10.6 Å². The van der Waals surface area contributed by atoms with Crippen LogP contribution >= 0.6 is 0 Å². The number of carbonyl (C=O) groups is 5. The minimum Gasteiger partial charge on any atom is -0.462 e. The molecule has 13 nitrogen and oxygen atoms in total. The van der Waals surface area contributed by atoms with E-state index in [-0.39, 0.29) is 50.6 Å². The maximum absolute atomic E-state index is 13.6. The van der Waals surface area contributed by atoms with Crippen molar-refractivity contribution in [2.45, 2.75) is 56.9 Å². The highest BCUT2D eigenvalue weighted by Crippen LogP contribution is 2.47. The van der Waals surface area contributed by atoms with Gasteiger partial charge in [-0.15, -0.1) is 0 Å². The van der Waals surface area contributed by atoms with Gasteiger partial charge in [-0.25, -0.2) is 14.4 Å². The third-order valence-corrected chi connectivity index (χ3v) is 9.31. The van der Waals surface area contributed by atoms with Gasteiger partial charge in [-0.1, -0.05) is 86.6 Å². The Kier molecular flexibility index (Phi) is 11.7. The van der Waals surface area contributed by atoms with Crippen molar-refractivity contribution >= 4 is 35.8 Å². The molecule has 0 radical (unpaired) electrons.